The molecule has 2 rings (SSSR count). The predicted octanol–water partition coefficient (Wildman–Crippen LogP) is 3.36. The second-order valence-corrected chi connectivity index (χ2v) is 10.7. The van der Waals surface area contributed by atoms with Crippen molar-refractivity contribution in [2.45, 2.75) is 50.4 Å². The molecule has 0 amide bonds. The molecule has 1 fully saturated rings. The number of aliphatic hydroxyl groups is 3. The Labute approximate surface area is 179 Å². The molecule has 0 bridgehead atoms. The van der Waals surface area contributed by atoms with Gasteiger partial charge in [-0.25, -0.2) is 0 Å². The van der Waals surface area contributed by atoms with Crippen LogP contribution in [0.4, 0.5) is 0 Å². The SMILES string of the molecule is CP(=O)(O)CCC/C=C/CC1C(O)CC(O)C1/C=C/C(O)CCOc1ccccc1. The highest BCUT2D eigenvalue weighted by molar-refractivity contribution is 7.57. The lowest BCUT2D eigenvalue weighted by Crippen LogP contribution is -2.20. The summed E-state index contributed by atoms with van der Waals surface area (Å²) in [5.74, 6) is 0.425. The van der Waals surface area contributed by atoms with Crippen molar-refractivity contribution < 1.29 is 29.5 Å². The Morgan fingerprint density at radius 3 is 2.63 bits per heavy atom. The summed E-state index contributed by atoms with van der Waals surface area (Å²) in [6.07, 6.45) is 8.55. The van der Waals surface area contributed by atoms with E-state index in [2.05, 4.69) is 0 Å². The van der Waals surface area contributed by atoms with Crippen LogP contribution in [-0.4, -0.2) is 58.0 Å². The maximum absolute atomic E-state index is 11.3. The molecule has 0 aromatic heterocycles. The van der Waals surface area contributed by atoms with E-state index in [-0.39, 0.29) is 11.8 Å². The highest BCUT2D eigenvalue weighted by atomic mass is 31.2. The number of aliphatic hydroxyl groups excluding tert-OH is 3. The lowest BCUT2D eigenvalue weighted by molar-refractivity contribution is 0.120. The third-order valence-corrected chi connectivity index (χ3v) is 6.56. The molecule has 1 aliphatic carbocycles. The second-order valence-electron chi connectivity index (χ2n) is 8.14. The fourth-order valence-electron chi connectivity index (χ4n) is 3.75. The van der Waals surface area contributed by atoms with Crippen LogP contribution in [0.3, 0.4) is 0 Å². The smallest absolute Gasteiger partial charge is 0.197 e. The largest absolute Gasteiger partial charge is 0.493 e. The molecule has 0 spiro atoms. The molecule has 4 N–H and O–H groups in total. The zero-order valence-corrected chi connectivity index (χ0v) is 18.5. The van der Waals surface area contributed by atoms with Gasteiger partial charge in [-0.1, -0.05) is 42.5 Å². The average molecular weight is 439 g/mol. The first-order valence-corrected chi connectivity index (χ1v) is 12.9. The van der Waals surface area contributed by atoms with Gasteiger partial charge in [0.05, 0.1) is 24.9 Å². The van der Waals surface area contributed by atoms with Crippen molar-refractivity contribution in [1.82, 2.24) is 0 Å². The molecule has 168 valence electrons. The zero-order valence-electron chi connectivity index (χ0n) is 17.6. The molecule has 0 heterocycles. The Balaban J connectivity index is 1.77. The maximum atomic E-state index is 11.3. The van der Waals surface area contributed by atoms with Gasteiger partial charge in [-0.15, -0.1) is 0 Å². The molecule has 1 aromatic carbocycles. The van der Waals surface area contributed by atoms with E-state index in [9.17, 15) is 24.8 Å². The molecule has 0 saturated heterocycles. The van der Waals surface area contributed by atoms with Gasteiger partial charge in [-0.3, -0.25) is 4.57 Å². The maximum Gasteiger partial charge on any atom is 0.197 e. The standard InChI is InChI=1S/C23H35O6P/c1-30(27,28)16-8-3-2-7-11-20-21(23(26)17-22(20)25)13-12-18(24)14-15-29-19-9-5-4-6-10-19/h2,4-7,9-10,12-13,18,20-26H,3,8,11,14-17H2,1H3,(H,27,28)/b7-2+,13-12+. The fourth-order valence-corrected chi connectivity index (χ4v) is 4.52. The third kappa shape index (κ3) is 9.15. The number of unbranched alkanes of at least 4 members (excludes halogenated alkanes) is 1. The van der Waals surface area contributed by atoms with E-state index in [4.69, 9.17) is 4.74 Å². The molecule has 0 aliphatic heterocycles. The van der Waals surface area contributed by atoms with Gasteiger partial charge in [0, 0.05) is 31.6 Å². The van der Waals surface area contributed by atoms with E-state index in [1.165, 1.54) is 6.66 Å². The van der Waals surface area contributed by atoms with Gasteiger partial charge in [-0.2, -0.15) is 0 Å². The van der Waals surface area contributed by atoms with Crippen molar-refractivity contribution in [3.05, 3.63) is 54.6 Å². The minimum absolute atomic E-state index is 0.115. The first-order chi connectivity index (χ1) is 14.3. The highest BCUT2D eigenvalue weighted by Crippen LogP contribution is 2.37. The van der Waals surface area contributed by atoms with Gasteiger partial charge in [0.25, 0.3) is 0 Å². The average Bonchev–Trinajstić information content (AvgIpc) is 2.95. The number of benzene rings is 1. The van der Waals surface area contributed by atoms with Crippen LogP contribution in [0.25, 0.3) is 0 Å². The van der Waals surface area contributed by atoms with Crippen molar-refractivity contribution in [3.8, 4) is 5.75 Å². The monoisotopic (exact) mass is 438 g/mol. The summed E-state index contributed by atoms with van der Waals surface area (Å²) in [6, 6.07) is 9.42. The number of para-hydroxylation sites is 1. The molecule has 1 aliphatic rings. The molecule has 1 saturated carbocycles. The summed E-state index contributed by atoms with van der Waals surface area (Å²) in [4.78, 5) is 9.30. The second kappa shape index (κ2) is 12.4. The summed E-state index contributed by atoms with van der Waals surface area (Å²) in [6.45, 7) is 1.75. The van der Waals surface area contributed by atoms with Crippen LogP contribution in [0.15, 0.2) is 54.6 Å². The summed E-state index contributed by atoms with van der Waals surface area (Å²) in [5.41, 5.74) is 0. The highest BCUT2D eigenvalue weighted by Gasteiger charge is 2.39. The summed E-state index contributed by atoms with van der Waals surface area (Å²) in [7, 11) is -2.96. The van der Waals surface area contributed by atoms with Crippen molar-refractivity contribution in [2.75, 3.05) is 19.4 Å². The van der Waals surface area contributed by atoms with E-state index in [0.29, 0.717) is 44.9 Å². The molecule has 30 heavy (non-hydrogen) atoms. The number of hydrogen-bond acceptors (Lipinski definition) is 5. The van der Waals surface area contributed by atoms with E-state index in [0.717, 1.165) is 5.75 Å². The first kappa shape index (κ1) is 24.8. The molecule has 6 unspecified atom stereocenters. The summed E-state index contributed by atoms with van der Waals surface area (Å²) < 4.78 is 16.9. The van der Waals surface area contributed by atoms with Crippen molar-refractivity contribution in [1.29, 1.82) is 0 Å². The number of allylic oxidation sites excluding steroid dienone is 2. The Morgan fingerprint density at radius 1 is 1.20 bits per heavy atom. The summed E-state index contributed by atoms with van der Waals surface area (Å²) in [5, 5.41) is 30.8. The van der Waals surface area contributed by atoms with Crippen LogP contribution < -0.4 is 4.74 Å². The minimum atomic E-state index is -2.96. The Morgan fingerprint density at radius 2 is 1.93 bits per heavy atom. The van der Waals surface area contributed by atoms with Crippen LogP contribution in [0.2, 0.25) is 0 Å². The van der Waals surface area contributed by atoms with Crippen molar-refractivity contribution >= 4 is 7.37 Å². The zero-order chi connectivity index (χ0) is 22.0. The van der Waals surface area contributed by atoms with E-state index in [1.807, 2.05) is 48.6 Å². The molecule has 6 atom stereocenters. The number of hydrogen-bond donors (Lipinski definition) is 4. The normalized spacial score (nSPS) is 27.5. The van der Waals surface area contributed by atoms with Crippen LogP contribution >= 0.6 is 7.37 Å². The lowest BCUT2D eigenvalue weighted by atomic mass is 9.89. The number of rotatable bonds is 12. The van der Waals surface area contributed by atoms with Gasteiger partial charge in [-0.05, 0) is 37.3 Å². The predicted molar refractivity (Wildman–Crippen MR) is 119 cm³/mol. The molecular formula is C23H35O6P. The Kier molecular flexibility index (Phi) is 10.3. The van der Waals surface area contributed by atoms with Gasteiger partial charge < -0.3 is 24.9 Å². The van der Waals surface area contributed by atoms with E-state index >= 15 is 0 Å². The Hall–Kier alpha value is -1.43. The fraction of sp³-hybridized carbons (Fsp3) is 0.565. The van der Waals surface area contributed by atoms with E-state index < -0.39 is 25.7 Å². The van der Waals surface area contributed by atoms with Crippen LogP contribution in [0.1, 0.15) is 32.1 Å². The molecule has 0 radical (unpaired) electrons. The molecule has 7 heteroatoms. The molecular weight excluding hydrogens is 403 g/mol. The number of ether oxygens (including phenoxy) is 1. The summed E-state index contributed by atoms with van der Waals surface area (Å²) >= 11 is 0. The molecule has 6 nitrogen and oxygen atoms in total. The van der Waals surface area contributed by atoms with Gasteiger partial charge in [0.15, 0.2) is 7.37 Å². The van der Waals surface area contributed by atoms with Gasteiger partial charge in [0.2, 0.25) is 0 Å². The quantitative estimate of drug-likeness (QED) is 0.227. The van der Waals surface area contributed by atoms with Crippen LogP contribution in [-0.2, 0) is 4.57 Å². The topological polar surface area (TPSA) is 107 Å². The van der Waals surface area contributed by atoms with E-state index in [1.54, 1.807) is 6.08 Å². The van der Waals surface area contributed by atoms with Crippen LogP contribution in [0, 0.1) is 11.8 Å². The van der Waals surface area contributed by atoms with Crippen LogP contribution in [0.5, 0.6) is 5.75 Å². The first-order valence-electron chi connectivity index (χ1n) is 10.6. The molecule has 1 aromatic rings. The van der Waals surface area contributed by atoms with Gasteiger partial charge in [0.1, 0.15) is 5.75 Å². The van der Waals surface area contributed by atoms with Gasteiger partial charge >= 0.3 is 0 Å². The van der Waals surface area contributed by atoms with Crippen molar-refractivity contribution in [3.63, 3.8) is 0 Å². The third-order valence-electron chi connectivity index (χ3n) is 5.42. The minimum Gasteiger partial charge on any atom is -0.493 e. The lowest BCUT2D eigenvalue weighted by Gasteiger charge is -2.19. The Bertz CT molecular complexity index is 714. The van der Waals surface area contributed by atoms with Crippen molar-refractivity contribution in [2.24, 2.45) is 11.8 Å².